The van der Waals surface area contributed by atoms with Crippen molar-refractivity contribution in [3.8, 4) is 11.5 Å². The van der Waals surface area contributed by atoms with Gasteiger partial charge in [-0.15, -0.1) is 0 Å². The largest absolute Gasteiger partial charge is 0.455 e. The number of aryl methyl sites for hydroxylation is 2. The summed E-state index contributed by atoms with van der Waals surface area (Å²) in [4.78, 5) is 2.63. The summed E-state index contributed by atoms with van der Waals surface area (Å²) in [5.74, 6) is 2.37. The van der Waals surface area contributed by atoms with Gasteiger partial charge in [0.15, 0.2) is 0 Å². The molecule has 0 saturated heterocycles. The highest BCUT2D eigenvalue weighted by atomic mass is 16.5. The molecule has 0 unspecified atom stereocenters. The molecule has 7 rings (SSSR count). The van der Waals surface area contributed by atoms with E-state index in [2.05, 4.69) is 28.5 Å². The van der Waals surface area contributed by atoms with Crippen molar-refractivity contribution in [2.45, 2.75) is 58.3 Å². The fourth-order valence-electron chi connectivity index (χ4n) is 6.70. The smallest absolute Gasteiger partial charge is 0.210 e. The lowest BCUT2D eigenvalue weighted by Gasteiger charge is -2.39. The third-order valence-corrected chi connectivity index (χ3v) is 7.96. The summed E-state index contributed by atoms with van der Waals surface area (Å²) in [5, 5.41) is 2.89. The third-order valence-electron chi connectivity index (χ3n) is 7.96. The van der Waals surface area contributed by atoms with Gasteiger partial charge in [-0.25, -0.2) is 4.58 Å². The van der Waals surface area contributed by atoms with E-state index in [9.17, 15) is 0 Å². The molecule has 5 aliphatic heterocycles. The first-order valence-corrected chi connectivity index (χ1v) is 11.7. The molecule has 3 heteroatoms. The van der Waals surface area contributed by atoms with Gasteiger partial charge in [0.05, 0.1) is 5.56 Å². The lowest BCUT2D eigenvalue weighted by Crippen LogP contribution is -2.45. The predicted molar refractivity (Wildman–Crippen MR) is 117 cm³/mol. The van der Waals surface area contributed by atoms with E-state index in [1.165, 1.54) is 115 Å². The summed E-state index contributed by atoms with van der Waals surface area (Å²) in [6, 6.07) is 4.95. The molecule has 0 aromatic heterocycles. The highest BCUT2D eigenvalue weighted by molar-refractivity contribution is 5.81. The van der Waals surface area contributed by atoms with Crippen LogP contribution in [0.1, 0.15) is 60.4 Å². The van der Waals surface area contributed by atoms with Crippen LogP contribution < -0.4 is 24.8 Å². The molecule has 2 aromatic rings. The van der Waals surface area contributed by atoms with Crippen LogP contribution >= 0.6 is 0 Å². The fourth-order valence-corrected chi connectivity index (χ4v) is 6.70. The first kappa shape index (κ1) is 16.5. The molecule has 2 aromatic carbocycles. The van der Waals surface area contributed by atoms with E-state index in [1.807, 2.05) is 0 Å². The summed E-state index contributed by atoms with van der Waals surface area (Å²) >= 11 is 0. The summed E-state index contributed by atoms with van der Waals surface area (Å²) < 4.78 is 9.54. The molecule has 0 saturated carbocycles. The van der Waals surface area contributed by atoms with Crippen LogP contribution in [0.15, 0.2) is 12.1 Å². The van der Waals surface area contributed by atoms with Gasteiger partial charge in [0.25, 0.3) is 0 Å². The minimum absolute atomic E-state index is 1.16. The van der Waals surface area contributed by atoms with Gasteiger partial charge >= 0.3 is 0 Å². The number of rotatable bonds is 0. The van der Waals surface area contributed by atoms with E-state index in [0.717, 1.165) is 12.8 Å². The van der Waals surface area contributed by atoms with Crippen LogP contribution in [-0.4, -0.2) is 26.2 Å². The van der Waals surface area contributed by atoms with Gasteiger partial charge in [-0.1, -0.05) is 0 Å². The van der Waals surface area contributed by atoms with Crippen LogP contribution in [0.4, 0.5) is 5.69 Å². The number of benzene rings is 2. The molecule has 5 heterocycles. The zero-order valence-electron chi connectivity index (χ0n) is 17.4. The highest BCUT2D eigenvalue weighted by Gasteiger charge is 2.34. The molecular formula is C26H29N2O+. The maximum absolute atomic E-state index is 6.91. The molecule has 0 radical (unpaired) electrons. The Hall–Kier alpha value is -2.29. The SMILES string of the molecule is CC1=c2cc3c4c(c2Oc2c1cc1c5c2CCCN5CCC1)CCC[N+]=4CCC3. The molecule has 29 heavy (non-hydrogen) atoms. The topological polar surface area (TPSA) is 15.5 Å². The second-order valence-electron chi connectivity index (χ2n) is 9.59. The summed E-state index contributed by atoms with van der Waals surface area (Å²) in [5.41, 5.74) is 10.4. The minimum atomic E-state index is 1.16. The number of hydrogen-bond donors (Lipinski definition) is 0. The Morgan fingerprint density at radius 3 is 2.48 bits per heavy atom. The second-order valence-corrected chi connectivity index (χ2v) is 9.59. The lowest BCUT2D eigenvalue weighted by atomic mass is 9.85. The molecule has 0 fully saturated rings. The number of hydrogen-bond acceptors (Lipinski definition) is 2. The van der Waals surface area contributed by atoms with Gasteiger partial charge in [-0.3, -0.25) is 0 Å². The van der Waals surface area contributed by atoms with Crippen molar-refractivity contribution in [1.82, 2.24) is 4.58 Å². The van der Waals surface area contributed by atoms with Gasteiger partial charge in [-0.05, 0) is 68.7 Å². The molecule has 3 nitrogen and oxygen atoms in total. The number of fused-ring (bicyclic) bond motifs is 4. The van der Waals surface area contributed by atoms with Crippen LogP contribution in [0.5, 0.6) is 11.5 Å². The molecule has 5 aliphatic rings. The molecular weight excluding hydrogens is 356 g/mol. The van der Waals surface area contributed by atoms with Gasteiger partial charge < -0.3 is 9.64 Å². The summed E-state index contributed by atoms with van der Waals surface area (Å²) in [6.07, 6.45) is 9.84. The van der Waals surface area contributed by atoms with E-state index in [4.69, 9.17) is 4.74 Å². The van der Waals surface area contributed by atoms with Crippen molar-refractivity contribution >= 4 is 11.3 Å². The van der Waals surface area contributed by atoms with Gasteiger partial charge in [0.2, 0.25) is 5.36 Å². The van der Waals surface area contributed by atoms with Gasteiger partial charge in [0, 0.05) is 53.5 Å². The summed E-state index contributed by atoms with van der Waals surface area (Å²) in [6.45, 7) is 7.19. The van der Waals surface area contributed by atoms with Crippen LogP contribution in [0.2, 0.25) is 0 Å². The monoisotopic (exact) mass is 385 g/mol. The quantitative estimate of drug-likeness (QED) is 0.648. The fraction of sp³-hybridized carbons (Fsp3) is 0.500. The molecule has 0 atom stereocenters. The van der Waals surface area contributed by atoms with Crippen molar-refractivity contribution in [3.05, 3.63) is 50.5 Å². The Morgan fingerprint density at radius 2 is 1.59 bits per heavy atom. The zero-order valence-corrected chi connectivity index (χ0v) is 17.4. The van der Waals surface area contributed by atoms with E-state index >= 15 is 0 Å². The molecule has 0 bridgehead atoms. The highest BCUT2D eigenvalue weighted by Crippen LogP contribution is 2.47. The van der Waals surface area contributed by atoms with Crippen molar-refractivity contribution in [3.63, 3.8) is 0 Å². The Balaban J connectivity index is 1.56. The average Bonchev–Trinajstić information content (AvgIpc) is 2.76. The van der Waals surface area contributed by atoms with Crippen LogP contribution in [0.3, 0.4) is 0 Å². The van der Waals surface area contributed by atoms with Crippen LogP contribution in [0.25, 0.3) is 5.57 Å². The number of anilines is 1. The maximum Gasteiger partial charge on any atom is 0.210 e. The van der Waals surface area contributed by atoms with Crippen LogP contribution in [0, 0.1) is 0 Å². The van der Waals surface area contributed by atoms with Crippen molar-refractivity contribution in [1.29, 1.82) is 0 Å². The van der Waals surface area contributed by atoms with Crippen molar-refractivity contribution in [2.75, 3.05) is 31.1 Å². The normalized spacial score (nSPS) is 21.1. The Labute approximate surface area is 172 Å². The standard InChI is InChI=1S/C26H29N2O/c1-16-21-14-17-6-2-10-27-12-4-8-19(23(17)27)25(21)29-26-20-9-5-13-28-11-3-7-18(24(20)28)15-22(16)26/h14-15H,2-13H2,1H3/q+1. The molecule has 0 N–H and O–H groups in total. The second kappa shape index (κ2) is 5.87. The van der Waals surface area contributed by atoms with Gasteiger partial charge in [-0.2, -0.15) is 0 Å². The minimum Gasteiger partial charge on any atom is -0.455 e. The molecule has 0 aliphatic carbocycles. The zero-order chi connectivity index (χ0) is 19.1. The summed E-state index contributed by atoms with van der Waals surface area (Å²) in [7, 11) is 0. The van der Waals surface area contributed by atoms with E-state index in [0.29, 0.717) is 0 Å². The van der Waals surface area contributed by atoms with E-state index in [1.54, 1.807) is 11.1 Å². The van der Waals surface area contributed by atoms with Crippen molar-refractivity contribution < 1.29 is 4.74 Å². The lowest BCUT2D eigenvalue weighted by molar-refractivity contribution is 0.431. The third kappa shape index (κ3) is 2.16. The number of ether oxygens (including phenoxy) is 1. The van der Waals surface area contributed by atoms with Crippen molar-refractivity contribution in [2.24, 2.45) is 0 Å². The van der Waals surface area contributed by atoms with Crippen LogP contribution in [-0.2, 0) is 25.7 Å². The Morgan fingerprint density at radius 1 is 0.828 bits per heavy atom. The molecule has 148 valence electrons. The Bertz CT molecular complexity index is 1200. The van der Waals surface area contributed by atoms with E-state index < -0.39 is 0 Å². The van der Waals surface area contributed by atoms with E-state index in [-0.39, 0.29) is 0 Å². The van der Waals surface area contributed by atoms with Gasteiger partial charge in [0.1, 0.15) is 24.6 Å². The molecule has 0 amide bonds. The predicted octanol–water partition coefficient (Wildman–Crippen LogP) is 3.09. The maximum atomic E-state index is 6.91. The average molecular weight is 386 g/mol. The first-order valence-electron chi connectivity index (χ1n) is 11.7. The first-order chi connectivity index (χ1) is 14.3. The Kier molecular flexibility index (Phi) is 3.34. The molecule has 0 spiro atoms. The number of nitrogens with zero attached hydrogens (tertiary/aromatic N) is 2.